The maximum atomic E-state index is 10.4. The van der Waals surface area contributed by atoms with Gasteiger partial charge in [-0.05, 0) is 19.3 Å². The van der Waals surface area contributed by atoms with E-state index >= 15 is 0 Å². The molecule has 13 heavy (non-hydrogen) atoms. The van der Waals surface area contributed by atoms with Crippen molar-refractivity contribution in [2.75, 3.05) is 18.0 Å². The molecule has 1 aliphatic heterocycles. The van der Waals surface area contributed by atoms with E-state index in [9.17, 15) is 4.79 Å². The standard InChI is InChI=1S/C9H12N2O2/c12-7-8-6-9(13-10-8)11-4-2-1-3-5-11/h6-7H,1-5H2. The predicted octanol–water partition coefficient (Wildman–Crippen LogP) is 1.48. The van der Waals surface area contributed by atoms with E-state index in [4.69, 9.17) is 4.52 Å². The Morgan fingerprint density at radius 2 is 2.15 bits per heavy atom. The van der Waals surface area contributed by atoms with E-state index in [1.165, 1.54) is 19.3 Å². The van der Waals surface area contributed by atoms with Gasteiger partial charge in [0.15, 0.2) is 6.29 Å². The lowest BCUT2D eigenvalue weighted by Gasteiger charge is -2.25. The highest BCUT2D eigenvalue weighted by Gasteiger charge is 2.14. The molecule has 0 unspecified atom stereocenters. The fourth-order valence-electron chi connectivity index (χ4n) is 1.60. The minimum Gasteiger partial charge on any atom is -0.341 e. The van der Waals surface area contributed by atoms with Crippen LogP contribution in [0.4, 0.5) is 5.88 Å². The summed E-state index contributed by atoms with van der Waals surface area (Å²) in [6, 6.07) is 1.69. The van der Waals surface area contributed by atoms with Crippen molar-refractivity contribution in [3.63, 3.8) is 0 Å². The molecule has 0 aromatic carbocycles. The van der Waals surface area contributed by atoms with Crippen LogP contribution in [0, 0.1) is 0 Å². The van der Waals surface area contributed by atoms with Gasteiger partial charge < -0.3 is 9.42 Å². The van der Waals surface area contributed by atoms with Crippen molar-refractivity contribution in [2.24, 2.45) is 0 Å². The Kier molecular flexibility index (Phi) is 2.29. The van der Waals surface area contributed by atoms with Crippen LogP contribution in [0.5, 0.6) is 0 Å². The molecule has 1 saturated heterocycles. The molecule has 1 fully saturated rings. The molecule has 0 bridgehead atoms. The average molecular weight is 180 g/mol. The molecule has 0 aliphatic carbocycles. The van der Waals surface area contributed by atoms with E-state index < -0.39 is 0 Å². The smallest absolute Gasteiger partial charge is 0.227 e. The number of rotatable bonds is 2. The largest absolute Gasteiger partial charge is 0.341 e. The van der Waals surface area contributed by atoms with E-state index in [1.807, 2.05) is 0 Å². The number of aldehydes is 1. The Morgan fingerprint density at radius 3 is 2.77 bits per heavy atom. The molecule has 1 aromatic rings. The van der Waals surface area contributed by atoms with Gasteiger partial charge >= 0.3 is 0 Å². The fourth-order valence-corrected chi connectivity index (χ4v) is 1.60. The number of nitrogens with zero attached hydrogens (tertiary/aromatic N) is 2. The van der Waals surface area contributed by atoms with Crippen LogP contribution in [0.15, 0.2) is 10.6 Å². The highest BCUT2D eigenvalue weighted by atomic mass is 16.5. The van der Waals surface area contributed by atoms with E-state index in [2.05, 4.69) is 10.1 Å². The number of carbonyl (C=O) groups excluding carboxylic acids is 1. The topological polar surface area (TPSA) is 46.3 Å². The van der Waals surface area contributed by atoms with E-state index in [1.54, 1.807) is 6.07 Å². The van der Waals surface area contributed by atoms with Gasteiger partial charge in [-0.2, -0.15) is 0 Å². The van der Waals surface area contributed by atoms with Crippen LogP contribution in [0.25, 0.3) is 0 Å². The molecule has 0 spiro atoms. The van der Waals surface area contributed by atoms with Gasteiger partial charge in [0, 0.05) is 19.2 Å². The second-order valence-corrected chi connectivity index (χ2v) is 3.26. The molecule has 2 heterocycles. The fraction of sp³-hybridized carbons (Fsp3) is 0.556. The SMILES string of the molecule is O=Cc1cc(N2CCCCC2)on1. The number of anilines is 1. The van der Waals surface area contributed by atoms with Crippen molar-refractivity contribution in [1.82, 2.24) is 5.16 Å². The van der Waals surface area contributed by atoms with Gasteiger partial charge in [-0.3, -0.25) is 4.79 Å². The molecule has 0 atom stereocenters. The second kappa shape index (κ2) is 3.60. The first-order valence-electron chi connectivity index (χ1n) is 4.57. The first-order valence-corrected chi connectivity index (χ1v) is 4.57. The molecule has 4 nitrogen and oxygen atoms in total. The summed E-state index contributed by atoms with van der Waals surface area (Å²) in [6.07, 6.45) is 4.37. The summed E-state index contributed by atoms with van der Waals surface area (Å²) in [7, 11) is 0. The molecule has 1 aromatic heterocycles. The van der Waals surface area contributed by atoms with Crippen LogP contribution in [0.2, 0.25) is 0 Å². The maximum absolute atomic E-state index is 10.4. The number of piperidine rings is 1. The maximum Gasteiger partial charge on any atom is 0.227 e. The summed E-state index contributed by atoms with van der Waals surface area (Å²) in [4.78, 5) is 12.5. The van der Waals surface area contributed by atoms with Crippen LogP contribution in [-0.4, -0.2) is 24.5 Å². The lowest BCUT2D eigenvalue weighted by molar-refractivity contribution is 0.111. The zero-order valence-electron chi connectivity index (χ0n) is 7.40. The van der Waals surface area contributed by atoms with Crippen molar-refractivity contribution in [3.8, 4) is 0 Å². The average Bonchev–Trinajstić information content (AvgIpc) is 2.67. The molecule has 70 valence electrons. The summed E-state index contributed by atoms with van der Waals surface area (Å²) in [6.45, 7) is 2.01. The zero-order chi connectivity index (χ0) is 9.10. The van der Waals surface area contributed by atoms with Crippen molar-refractivity contribution < 1.29 is 9.32 Å². The van der Waals surface area contributed by atoms with Crippen LogP contribution >= 0.6 is 0 Å². The van der Waals surface area contributed by atoms with E-state index in [0.29, 0.717) is 12.0 Å². The van der Waals surface area contributed by atoms with Gasteiger partial charge in [-0.1, -0.05) is 5.16 Å². The highest BCUT2D eigenvalue weighted by molar-refractivity contribution is 5.72. The predicted molar refractivity (Wildman–Crippen MR) is 48.0 cm³/mol. The normalized spacial score (nSPS) is 17.4. The molecule has 0 amide bonds. The van der Waals surface area contributed by atoms with E-state index in [0.717, 1.165) is 19.0 Å². The van der Waals surface area contributed by atoms with Crippen molar-refractivity contribution >= 4 is 12.2 Å². The molecule has 4 heteroatoms. The van der Waals surface area contributed by atoms with Crippen molar-refractivity contribution in [1.29, 1.82) is 0 Å². The lowest BCUT2D eigenvalue weighted by Crippen LogP contribution is -2.28. The third-order valence-electron chi connectivity index (χ3n) is 2.30. The first-order chi connectivity index (χ1) is 6.40. The van der Waals surface area contributed by atoms with Crippen LogP contribution < -0.4 is 4.90 Å². The third kappa shape index (κ3) is 1.71. The number of hydrogen-bond donors (Lipinski definition) is 0. The Hall–Kier alpha value is -1.32. The highest BCUT2D eigenvalue weighted by Crippen LogP contribution is 2.19. The molecular weight excluding hydrogens is 168 g/mol. The van der Waals surface area contributed by atoms with Gasteiger partial charge in [0.1, 0.15) is 5.69 Å². The van der Waals surface area contributed by atoms with Crippen LogP contribution in [0.3, 0.4) is 0 Å². The quantitative estimate of drug-likeness (QED) is 0.647. The lowest BCUT2D eigenvalue weighted by atomic mass is 10.1. The molecule has 0 radical (unpaired) electrons. The minimum atomic E-state index is 0.376. The van der Waals surface area contributed by atoms with Gasteiger partial charge in [-0.15, -0.1) is 0 Å². The summed E-state index contributed by atoms with van der Waals surface area (Å²) < 4.78 is 5.04. The molecular formula is C9H12N2O2. The number of carbonyl (C=O) groups is 1. The van der Waals surface area contributed by atoms with E-state index in [-0.39, 0.29) is 0 Å². The zero-order valence-corrected chi connectivity index (χ0v) is 7.40. The molecule has 0 saturated carbocycles. The Balaban J connectivity index is 2.09. The first kappa shape index (κ1) is 8.29. The Bertz CT molecular complexity index is 290. The Morgan fingerprint density at radius 1 is 1.38 bits per heavy atom. The summed E-state index contributed by atoms with van der Waals surface area (Å²) in [5.41, 5.74) is 0.376. The summed E-state index contributed by atoms with van der Waals surface area (Å²) >= 11 is 0. The van der Waals surface area contributed by atoms with Gasteiger partial charge in [0.2, 0.25) is 5.88 Å². The molecule has 2 rings (SSSR count). The molecule has 1 aliphatic rings. The van der Waals surface area contributed by atoms with Gasteiger partial charge in [-0.25, -0.2) is 0 Å². The van der Waals surface area contributed by atoms with Gasteiger partial charge in [0.05, 0.1) is 0 Å². The van der Waals surface area contributed by atoms with Crippen molar-refractivity contribution in [3.05, 3.63) is 11.8 Å². The summed E-state index contributed by atoms with van der Waals surface area (Å²) in [5, 5.41) is 3.63. The number of hydrogen-bond acceptors (Lipinski definition) is 4. The van der Waals surface area contributed by atoms with Gasteiger partial charge in [0.25, 0.3) is 0 Å². The van der Waals surface area contributed by atoms with Crippen molar-refractivity contribution in [2.45, 2.75) is 19.3 Å². The summed E-state index contributed by atoms with van der Waals surface area (Å²) in [5.74, 6) is 0.724. The third-order valence-corrected chi connectivity index (χ3v) is 2.30. The molecule has 0 N–H and O–H groups in total. The van der Waals surface area contributed by atoms with Crippen LogP contribution in [0.1, 0.15) is 29.8 Å². The van der Waals surface area contributed by atoms with Crippen LogP contribution in [-0.2, 0) is 0 Å². The second-order valence-electron chi connectivity index (χ2n) is 3.26. The minimum absolute atomic E-state index is 0.376. The number of aromatic nitrogens is 1. The Labute approximate surface area is 76.5 Å². The monoisotopic (exact) mass is 180 g/mol.